The Balaban J connectivity index is 2.89. The topological polar surface area (TPSA) is 20.2 Å². The van der Waals surface area contributed by atoms with E-state index in [1.165, 1.54) is 32.1 Å². The number of hydrogen-bond donors (Lipinski definition) is 1. The van der Waals surface area contributed by atoms with Gasteiger partial charge >= 0.3 is 0 Å². The zero-order chi connectivity index (χ0) is 15.4. The van der Waals surface area contributed by atoms with Crippen molar-refractivity contribution in [3.05, 3.63) is 29.3 Å². The molecule has 0 bridgehead atoms. The number of benzene rings is 1. The molecular formula is C19H32O. The van der Waals surface area contributed by atoms with Crippen molar-refractivity contribution in [2.75, 3.05) is 0 Å². The van der Waals surface area contributed by atoms with Crippen molar-refractivity contribution in [2.24, 2.45) is 5.41 Å². The van der Waals surface area contributed by atoms with E-state index in [-0.39, 0.29) is 10.8 Å². The zero-order valence-electron chi connectivity index (χ0n) is 14.2. The Morgan fingerprint density at radius 1 is 1.00 bits per heavy atom. The fraction of sp³-hybridized carbons (Fsp3) is 0.684. The van der Waals surface area contributed by atoms with Gasteiger partial charge in [-0.3, -0.25) is 0 Å². The molecule has 1 nitrogen and oxygen atoms in total. The predicted octanol–water partition coefficient (Wildman–Crippen LogP) is 5.97. The molecule has 1 aromatic carbocycles. The molecule has 0 unspecified atom stereocenters. The predicted molar refractivity (Wildman–Crippen MR) is 88.4 cm³/mol. The minimum Gasteiger partial charge on any atom is -0.508 e. The molecule has 0 spiro atoms. The summed E-state index contributed by atoms with van der Waals surface area (Å²) in [6, 6.07) is 6.08. The fourth-order valence-corrected chi connectivity index (χ4v) is 2.84. The molecule has 0 saturated carbocycles. The molecule has 114 valence electrons. The molecule has 0 aliphatic rings. The SMILES string of the molecule is CCCCCCC(C)(C)C(C)(C)c1ccc(C)cc1O. The number of aromatic hydroxyl groups is 1. The second-order valence-corrected chi connectivity index (χ2v) is 7.34. The van der Waals surface area contributed by atoms with Gasteiger partial charge in [0.2, 0.25) is 0 Å². The lowest BCUT2D eigenvalue weighted by molar-refractivity contribution is 0.171. The van der Waals surface area contributed by atoms with Crippen LogP contribution in [-0.4, -0.2) is 5.11 Å². The van der Waals surface area contributed by atoms with E-state index in [4.69, 9.17) is 0 Å². The van der Waals surface area contributed by atoms with Gasteiger partial charge in [0.15, 0.2) is 0 Å². The molecule has 0 saturated heterocycles. The lowest BCUT2D eigenvalue weighted by atomic mass is 9.62. The van der Waals surface area contributed by atoms with Crippen LogP contribution in [0.15, 0.2) is 18.2 Å². The van der Waals surface area contributed by atoms with Gasteiger partial charge in [0, 0.05) is 5.56 Å². The van der Waals surface area contributed by atoms with Crippen LogP contribution in [0, 0.1) is 12.3 Å². The molecule has 0 fully saturated rings. The second kappa shape index (κ2) is 6.65. The maximum atomic E-state index is 10.3. The molecule has 0 aliphatic carbocycles. The minimum atomic E-state index is -0.0308. The quantitative estimate of drug-likeness (QED) is 0.608. The minimum absolute atomic E-state index is 0.0308. The van der Waals surface area contributed by atoms with E-state index < -0.39 is 0 Å². The molecule has 1 heteroatoms. The van der Waals surface area contributed by atoms with E-state index in [0.29, 0.717) is 5.75 Å². The van der Waals surface area contributed by atoms with Gasteiger partial charge in [-0.15, -0.1) is 0 Å². The van der Waals surface area contributed by atoms with Crippen molar-refractivity contribution in [1.29, 1.82) is 0 Å². The van der Waals surface area contributed by atoms with Crippen molar-refractivity contribution < 1.29 is 5.11 Å². The van der Waals surface area contributed by atoms with E-state index in [1.54, 1.807) is 0 Å². The van der Waals surface area contributed by atoms with Gasteiger partial charge in [-0.25, -0.2) is 0 Å². The molecule has 0 aromatic heterocycles. The maximum Gasteiger partial charge on any atom is 0.119 e. The first kappa shape index (κ1) is 17.1. The van der Waals surface area contributed by atoms with Gasteiger partial charge in [0.25, 0.3) is 0 Å². The Morgan fingerprint density at radius 3 is 2.20 bits per heavy atom. The molecule has 1 rings (SSSR count). The van der Waals surface area contributed by atoms with Crippen LogP contribution in [0.4, 0.5) is 0 Å². The van der Waals surface area contributed by atoms with E-state index in [9.17, 15) is 5.11 Å². The Kier molecular flexibility index (Phi) is 5.68. The molecule has 0 atom stereocenters. The average Bonchev–Trinajstić information content (AvgIpc) is 2.34. The Labute approximate surface area is 125 Å². The van der Waals surface area contributed by atoms with Crippen LogP contribution in [0.25, 0.3) is 0 Å². The van der Waals surface area contributed by atoms with E-state index in [1.807, 2.05) is 13.0 Å². The van der Waals surface area contributed by atoms with E-state index in [2.05, 4.69) is 46.8 Å². The second-order valence-electron chi connectivity index (χ2n) is 7.34. The molecular weight excluding hydrogens is 244 g/mol. The summed E-state index contributed by atoms with van der Waals surface area (Å²) in [5.74, 6) is 0.441. The Hall–Kier alpha value is -0.980. The van der Waals surface area contributed by atoms with E-state index in [0.717, 1.165) is 11.1 Å². The third-order valence-electron chi connectivity index (χ3n) is 5.17. The van der Waals surface area contributed by atoms with Crippen molar-refractivity contribution in [3.63, 3.8) is 0 Å². The smallest absolute Gasteiger partial charge is 0.119 e. The third-order valence-corrected chi connectivity index (χ3v) is 5.17. The summed E-state index contributed by atoms with van der Waals surface area (Å²) in [6.45, 7) is 13.5. The summed E-state index contributed by atoms with van der Waals surface area (Å²) < 4.78 is 0. The highest BCUT2D eigenvalue weighted by atomic mass is 16.3. The summed E-state index contributed by atoms with van der Waals surface area (Å²) in [7, 11) is 0. The highest BCUT2D eigenvalue weighted by Crippen LogP contribution is 2.47. The van der Waals surface area contributed by atoms with Gasteiger partial charge in [-0.05, 0) is 35.8 Å². The Bertz CT molecular complexity index is 429. The standard InChI is InChI=1S/C19H32O/c1-7-8-9-10-13-18(3,4)19(5,6)16-12-11-15(2)14-17(16)20/h11-12,14,20H,7-10,13H2,1-6H3. The van der Waals surface area contributed by atoms with Crippen LogP contribution < -0.4 is 0 Å². The highest BCUT2D eigenvalue weighted by Gasteiger charge is 2.39. The summed E-state index contributed by atoms with van der Waals surface area (Å²) in [4.78, 5) is 0. The van der Waals surface area contributed by atoms with Gasteiger partial charge < -0.3 is 5.11 Å². The highest BCUT2D eigenvalue weighted by molar-refractivity contribution is 5.41. The monoisotopic (exact) mass is 276 g/mol. The van der Waals surface area contributed by atoms with Crippen LogP contribution in [0.5, 0.6) is 5.75 Å². The number of phenols is 1. The number of hydrogen-bond acceptors (Lipinski definition) is 1. The molecule has 1 aromatic rings. The summed E-state index contributed by atoms with van der Waals surface area (Å²) in [5.41, 5.74) is 2.33. The largest absolute Gasteiger partial charge is 0.508 e. The van der Waals surface area contributed by atoms with Crippen LogP contribution in [0.3, 0.4) is 0 Å². The fourth-order valence-electron chi connectivity index (χ4n) is 2.84. The van der Waals surface area contributed by atoms with Gasteiger partial charge in [0.1, 0.15) is 5.75 Å². The lowest BCUT2D eigenvalue weighted by Gasteiger charge is -2.43. The number of phenolic OH excluding ortho intramolecular Hbond substituents is 1. The zero-order valence-corrected chi connectivity index (χ0v) is 14.2. The summed E-state index contributed by atoms with van der Waals surface area (Å²) in [6.07, 6.45) is 6.40. The summed E-state index contributed by atoms with van der Waals surface area (Å²) >= 11 is 0. The third kappa shape index (κ3) is 3.77. The normalized spacial score (nSPS) is 12.7. The van der Waals surface area contributed by atoms with E-state index >= 15 is 0 Å². The van der Waals surface area contributed by atoms with Crippen LogP contribution >= 0.6 is 0 Å². The number of rotatable bonds is 7. The molecule has 0 heterocycles. The van der Waals surface area contributed by atoms with Gasteiger partial charge in [-0.2, -0.15) is 0 Å². The number of unbranched alkanes of at least 4 members (excludes halogenated alkanes) is 3. The van der Waals surface area contributed by atoms with Crippen molar-refractivity contribution >= 4 is 0 Å². The van der Waals surface area contributed by atoms with Crippen LogP contribution in [0.2, 0.25) is 0 Å². The van der Waals surface area contributed by atoms with Crippen molar-refractivity contribution in [1.82, 2.24) is 0 Å². The lowest BCUT2D eigenvalue weighted by Crippen LogP contribution is -2.36. The molecule has 20 heavy (non-hydrogen) atoms. The molecule has 1 N–H and O–H groups in total. The van der Waals surface area contributed by atoms with Crippen molar-refractivity contribution in [2.45, 2.75) is 79.1 Å². The van der Waals surface area contributed by atoms with Gasteiger partial charge in [-0.1, -0.05) is 72.4 Å². The maximum absolute atomic E-state index is 10.3. The van der Waals surface area contributed by atoms with Crippen LogP contribution in [0.1, 0.15) is 77.8 Å². The Morgan fingerprint density at radius 2 is 1.65 bits per heavy atom. The average molecular weight is 276 g/mol. The summed E-state index contributed by atoms with van der Waals surface area (Å²) in [5, 5.41) is 10.3. The van der Waals surface area contributed by atoms with Crippen LogP contribution in [-0.2, 0) is 5.41 Å². The molecule has 0 radical (unpaired) electrons. The first-order chi connectivity index (χ1) is 9.22. The first-order valence-electron chi connectivity index (χ1n) is 8.02. The molecule has 0 amide bonds. The van der Waals surface area contributed by atoms with Gasteiger partial charge in [0.05, 0.1) is 0 Å². The number of aryl methyl sites for hydroxylation is 1. The van der Waals surface area contributed by atoms with Crippen molar-refractivity contribution in [3.8, 4) is 5.75 Å². The first-order valence-corrected chi connectivity index (χ1v) is 8.02. The molecule has 0 aliphatic heterocycles.